The van der Waals surface area contributed by atoms with Crippen molar-refractivity contribution in [1.82, 2.24) is 15.5 Å². The molecular formula is C9H21N3O2. The summed E-state index contributed by atoms with van der Waals surface area (Å²) in [5, 5.41) is 6.00. The minimum Gasteiger partial charge on any atom is -0.383 e. The Hall–Kier alpha value is -0.650. The van der Waals surface area contributed by atoms with Crippen molar-refractivity contribution in [2.75, 3.05) is 54.0 Å². The third-order valence-electron chi connectivity index (χ3n) is 1.88. The fourth-order valence-corrected chi connectivity index (χ4v) is 0.909. The van der Waals surface area contributed by atoms with Gasteiger partial charge in [0.2, 0.25) is 5.91 Å². The molecule has 5 heteroatoms. The molecular weight excluding hydrogens is 182 g/mol. The summed E-state index contributed by atoms with van der Waals surface area (Å²) in [5.74, 6) is 0.108. The van der Waals surface area contributed by atoms with E-state index in [-0.39, 0.29) is 5.91 Å². The third-order valence-corrected chi connectivity index (χ3v) is 1.88. The number of rotatable bonds is 8. The summed E-state index contributed by atoms with van der Waals surface area (Å²) in [6, 6.07) is 0. The summed E-state index contributed by atoms with van der Waals surface area (Å²) in [6.07, 6.45) is 0. The number of nitrogens with zero attached hydrogens (tertiary/aromatic N) is 1. The number of nitrogens with one attached hydrogen (secondary N) is 2. The molecule has 0 unspecified atom stereocenters. The van der Waals surface area contributed by atoms with Gasteiger partial charge in [-0.25, -0.2) is 0 Å². The number of carbonyl (C=O) groups is 1. The second-order valence-corrected chi connectivity index (χ2v) is 3.09. The van der Waals surface area contributed by atoms with E-state index >= 15 is 0 Å². The van der Waals surface area contributed by atoms with Crippen molar-refractivity contribution >= 4 is 5.91 Å². The normalized spacial score (nSPS) is 10.2. The standard InChI is InChI=1S/C9H21N3O2/c1-10-4-6-12(2)9(13)8-11-5-7-14-3/h10-11H,4-8H2,1-3H3. The predicted molar refractivity (Wildman–Crippen MR) is 56.3 cm³/mol. The molecule has 0 atom stereocenters. The molecule has 0 aliphatic heterocycles. The van der Waals surface area contributed by atoms with Crippen LogP contribution in [0.1, 0.15) is 0 Å². The molecule has 0 aliphatic rings. The number of amides is 1. The molecule has 1 amide bonds. The molecule has 0 fully saturated rings. The van der Waals surface area contributed by atoms with Gasteiger partial charge >= 0.3 is 0 Å². The minimum absolute atomic E-state index is 0.108. The molecule has 5 nitrogen and oxygen atoms in total. The van der Waals surface area contributed by atoms with Gasteiger partial charge in [-0.15, -0.1) is 0 Å². The highest BCUT2D eigenvalue weighted by Crippen LogP contribution is 1.81. The van der Waals surface area contributed by atoms with Gasteiger partial charge in [0.05, 0.1) is 13.2 Å². The summed E-state index contributed by atoms with van der Waals surface area (Å²) in [6.45, 7) is 3.28. The second-order valence-electron chi connectivity index (χ2n) is 3.09. The van der Waals surface area contributed by atoms with Crippen molar-refractivity contribution < 1.29 is 9.53 Å². The van der Waals surface area contributed by atoms with Crippen LogP contribution in [0.4, 0.5) is 0 Å². The molecule has 0 spiro atoms. The summed E-state index contributed by atoms with van der Waals surface area (Å²) >= 11 is 0. The molecule has 0 aliphatic carbocycles. The number of hydrogen-bond acceptors (Lipinski definition) is 4. The fourth-order valence-electron chi connectivity index (χ4n) is 0.909. The lowest BCUT2D eigenvalue weighted by Crippen LogP contribution is -2.39. The first-order valence-corrected chi connectivity index (χ1v) is 4.80. The van der Waals surface area contributed by atoms with Crippen molar-refractivity contribution in [1.29, 1.82) is 0 Å². The zero-order valence-electron chi connectivity index (χ0n) is 9.30. The van der Waals surface area contributed by atoms with E-state index in [4.69, 9.17) is 4.74 Å². The number of carbonyl (C=O) groups excluding carboxylic acids is 1. The maximum atomic E-state index is 11.4. The molecule has 2 N–H and O–H groups in total. The topological polar surface area (TPSA) is 53.6 Å². The Labute approximate surface area is 85.8 Å². The Kier molecular flexibility index (Phi) is 8.51. The Morgan fingerprint density at radius 2 is 2.14 bits per heavy atom. The molecule has 0 radical (unpaired) electrons. The number of ether oxygens (including phenoxy) is 1. The Balaban J connectivity index is 3.42. The van der Waals surface area contributed by atoms with Crippen LogP contribution < -0.4 is 10.6 Å². The quantitative estimate of drug-likeness (QED) is 0.492. The van der Waals surface area contributed by atoms with Crippen molar-refractivity contribution in [2.24, 2.45) is 0 Å². The molecule has 0 saturated heterocycles. The number of hydrogen-bond donors (Lipinski definition) is 2. The van der Waals surface area contributed by atoms with Gasteiger partial charge < -0.3 is 20.3 Å². The van der Waals surface area contributed by atoms with Crippen molar-refractivity contribution in [3.8, 4) is 0 Å². The van der Waals surface area contributed by atoms with Crippen LogP contribution in [0.15, 0.2) is 0 Å². The molecule has 0 bridgehead atoms. The average molecular weight is 203 g/mol. The zero-order valence-corrected chi connectivity index (χ0v) is 9.30. The average Bonchev–Trinajstić information content (AvgIpc) is 2.20. The lowest BCUT2D eigenvalue weighted by atomic mass is 10.4. The molecule has 0 saturated carbocycles. The predicted octanol–water partition coefficient (Wildman–Crippen LogP) is -1.10. The van der Waals surface area contributed by atoms with Crippen LogP contribution in [0.2, 0.25) is 0 Å². The molecule has 0 aromatic rings. The van der Waals surface area contributed by atoms with Gasteiger partial charge in [0.25, 0.3) is 0 Å². The number of likely N-dealkylation sites (N-methyl/N-ethyl adjacent to an activating group) is 2. The van der Waals surface area contributed by atoms with Gasteiger partial charge in [-0.3, -0.25) is 4.79 Å². The van der Waals surface area contributed by atoms with Crippen molar-refractivity contribution in [3.63, 3.8) is 0 Å². The molecule has 0 aromatic carbocycles. The van der Waals surface area contributed by atoms with E-state index in [1.54, 1.807) is 19.1 Å². The first-order chi connectivity index (χ1) is 6.72. The van der Waals surface area contributed by atoms with E-state index in [0.717, 1.165) is 13.1 Å². The Bertz CT molecular complexity index is 153. The maximum Gasteiger partial charge on any atom is 0.236 e. The van der Waals surface area contributed by atoms with E-state index in [0.29, 0.717) is 19.7 Å². The van der Waals surface area contributed by atoms with Crippen LogP contribution in [0.3, 0.4) is 0 Å². The Morgan fingerprint density at radius 3 is 2.71 bits per heavy atom. The molecule has 0 rings (SSSR count). The number of methoxy groups -OCH3 is 1. The van der Waals surface area contributed by atoms with Gasteiger partial charge in [-0.1, -0.05) is 0 Å². The van der Waals surface area contributed by atoms with E-state index in [1.807, 2.05) is 7.05 Å². The highest BCUT2D eigenvalue weighted by Gasteiger charge is 2.06. The minimum atomic E-state index is 0.108. The summed E-state index contributed by atoms with van der Waals surface area (Å²) in [4.78, 5) is 13.1. The first kappa shape index (κ1) is 13.4. The summed E-state index contributed by atoms with van der Waals surface area (Å²) < 4.78 is 4.85. The van der Waals surface area contributed by atoms with Gasteiger partial charge in [0.1, 0.15) is 0 Å². The first-order valence-electron chi connectivity index (χ1n) is 4.80. The molecule has 0 heterocycles. The largest absolute Gasteiger partial charge is 0.383 e. The van der Waals surface area contributed by atoms with E-state index in [9.17, 15) is 4.79 Å². The van der Waals surface area contributed by atoms with E-state index in [2.05, 4.69) is 10.6 Å². The van der Waals surface area contributed by atoms with Crippen LogP contribution in [0.25, 0.3) is 0 Å². The summed E-state index contributed by atoms with van der Waals surface area (Å²) in [7, 11) is 5.31. The van der Waals surface area contributed by atoms with Crippen molar-refractivity contribution in [3.05, 3.63) is 0 Å². The van der Waals surface area contributed by atoms with Crippen LogP contribution in [-0.4, -0.2) is 64.8 Å². The van der Waals surface area contributed by atoms with E-state index in [1.165, 1.54) is 0 Å². The van der Waals surface area contributed by atoms with Crippen LogP contribution in [0, 0.1) is 0 Å². The molecule has 84 valence electrons. The molecule has 14 heavy (non-hydrogen) atoms. The Morgan fingerprint density at radius 1 is 1.43 bits per heavy atom. The lowest BCUT2D eigenvalue weighted by molar-refractivity contribution is -0.128. The highest BCUT2D eigenvalue weighted by atomic mass is 16.5. The monoisotopic (exact) mass is 203 g/mol. The third kappa shape index (κ3) is 6.82. The zero-order chi connectivity index (χ0) is 10.8. The lowest BCUT2D eigenvalue weighted by Gasteiger charge is -2.16. The van der Waals surface area contributed by atoms with Crippen LogP contribution in [0.5, 0.6) is 0 Å². The van der Waals surface area contributed by atoms with Gasteiger partial charge in [-0.05, 0) is 7.05 Å². The fraction of sp³-hybridized carbons (Fsp3) is 0.889. The SMILES string of the molecule is CNCCN(C)C(=O)CNCCOC. The van der Waals surface area contributed by atoms with Crippen LogP contribution >= 0.6 is 0 Å². The van der Waals surface area contributed by atoms with Gasteiger partial charge in [-0.2, -0.15) is 0 Å². The summed E-state index contributed by atoms with van der Waals surface area (Å²) in [5.41, 5.74) is 0. The maximum absolute atomic E-state index is 11.4. The second kappa shape index (κ2) is 8.93. The van der Waals surface area contributed by atoms with Crippen LogP contribution in [-0.2, 0) is 9.53 Å². The van der Waals surface area contributed by atoms with E-state index < -0.39 is 0 Å². The van der Waals surface area contributed by atoms with Gasteiger partial charge in [0, 0.05) is 33.8 Å². The highest BCUT2D eigenvalue weighted by molar-refractivity contribution is 5.77. The van der Waals surface area contributed by atoms with Gasteiger partial charge in [0.15, 0.2) is 0 Å². The smallest absolute Gasteiger partial charge is 0.236 e. The molecule has 0 aromatic heterocycles. The van der Waals surface area contributed by atoms with Crippen molar-refractivity contribution in [2.45, 2.75) is 0 Å².